The monoisotopic (exact) mass is 291 g/mol. The van der Waals surface area contributed by atoms with Crippen LogP contribution in [0.25, 0.3) is 0 Å². The predicted molar refractivity (Wildman–Crippen MR) is 77.8 cm³/mol. The zero-order valence-electron chi connectivity index (χ0n) is 12.2. The highest BCUT2D eigenvalue weighted by molar-refractivity contribution is 5.76. The molecule has 1 aliphatic rings. The van der Waals surface area contributed by atoms with Gasteiger partial charge in [0.1, 0.15) is 0 Å². The van der Waals surface area contributed by atoms with Gasteiger partial charge in [0.2, 0.25) is 0 Å². The van der Waals surface area contributed by atoms with Crippen LogP contribution in [0, 0.1) is 5.92 Å². The summed E-state index contributed by atoms with van der Waals surface area (Å²) in [6.45, 7) is 3.31. The maximum atomic E-state index is 12.1. The third kappa shape index (κ3) is 3.93. The van der Waals surface area contributed by atoms with Crippen molar-refractivity contribution in [1.29, 1.82) is 0 Å². The summed E-state index contributed by atoms with van der Waals surface area (Å²) in [5, 5.41) is 11.9. The zero-order chi connectivity index (χ0) is 15.2. The molecule has 0 radical (unpaired) electrons. The van der Waals surface area contributed by atoms with Crippen LogP contribution in [-0.4, -0.2) is 40.1 Å². The van der Waals surface area contributed by atoms with Crippen LogP contribution in [0.3, 0.4) is 0 Å². The Labute approximate surface area is 124 Å². The van der Waals surface area contributed by atoms with Gasteiger partial charge in [-0.25, -0.2) is 4.79 Å². The number of rotatable bonds is 4. The molecule has 2 N–H and O–H groups in total. The lowest BCUT2D eigenvalue weighted by Gasteiger charge is -2.30. The number of nitrogens with one attached hydrogen (secondary N) is 1. The van der Waals surface area contributed by atoms with E-state index in [1.807, 2.05) is 19.1 Å². The maximum absolute atomic E-state index is 12.1. The summed E-state index contributed by atoms with van der Waals surface area (Å²) in [5.41, 5.74) is 1.97. The molecular weight excluding hydrogens is 270 g/mol. The topological polar surface area (TPSA) is 82.5 Å². The summed E-state index contributed by atoms with van der Waals surface area (Å²) >= 11 is 0. The van der Waals surface area contributed by atoms with Crippen LogP contribution in [0.5, 0.6) is 0 Å². The fraction of sp³-hybridized carbons (Fsp3) is 0.533. The summed E-state index contributed by atoms with van der Waals surface area (Å²) in [7, 11) is 0. The van der Waals surface area contributed by atoms with Gasteiger partial charge in [-0.15, -0.1) is 0 Å². The molecule has 1 aromatic rings. The van der Waals surface area contributed by atoms with E-state index in [9.17, 15) is 9.59 Å². The molecule has 2 rings (SSSR count). The highest BCUT2D eigenvalue weighted by atomic mass is 16.4. The normalized spacial score (nSPS) is 18.3. The van der Waals surface area contributed by atoms with Gasteiger partial charge >= 0.3 is 12.0 Å². The fourth-order valence-corrected chi connectivity index (χ4v) is 2.59. The summed E-state index contributed by atoms with van der Waals surface area (Å²) in [6, 6.07) is 3.66. The SMILES string of the molecule is CCc1cccnc1CNC(=O)N1CCC[C@@H](C(=O)O)C1. The van der Waals surface area contributed by atoms with Gasteiger partial charge in [-0.2, -0.15) is 0 Å². The van der Waals surface area contributed by atoms with Crippen molar-refractivity contribution in [2.75, 3.05) is 13.1 Å². The minimum atomic E-state index is -0.828. The van der Waals surface area contributed by atoms with E-state index >= 15 is 0 Å². The lowest BCUT2D eigenvalue weighted by Crippen LogP contribution is -2.46. The molecule has 0 spiro atoms. The third-order valence-corrected chi connectivity index (χ3v) is 3.83. The number of pyridine rings is 1. The van der Waals surface area contributed by atoms with Crippen molar-refractivity contribution in [3.05, 3.63) is 29.6 Å². The molecule has 6 nitrogen and oxygen atoms in total. The van der Waals surface area contributed by atoms with Gasteiger partial charge < -0.3 is 15.3 Å². The molecule has 2 heterocycles. The Morgan fingerprint density at radius 2 is 2.33 bits per heavy atom. The number of carboxylic acid groups (broad SMARTS) is 1. The van der Waals surface area contributed by atoms with E-state index in [4.69, 9.17) is 5.11 Å². The van der Waals surface area contributed by atoms with Crippen LogP contribution in [0.4, 0.5) is 4.79 Å². The second-order valence-corrected chi connectivity index (χ2v) is 5.24. The van der Waals surface area contributed by atoms with Gasteiger partial charge in [-0.05, 0) is 30.9 Å². The number of carbonyl (C=O) groups excluding carboxylic acids is 1. The summed E-state index contributed by atoms with van der Waals surface area (Å²) in [5.74, 6) is -1.28. The predicted octanol–water partition coefficient (Wildman–Crippen LogP) is 1.65. The highest BCUT2D eigenvalue weighted by Gasteiger charge is 2.27. The second-order valence-electron chi connectivity index (χ2n) is 5.24. The van der Waals surface area contributed by atoms with Crippen molar-refractivity contribution in [2.24, 2.45) is 5.92 Å². The Kier molecular flexibility index (Phi) is 5.14. The number of carboxylic acids is 1. The van der Waals surface area contributed by atoms with Crippen molar-refractivity contribution in [3.63, 3.8) is 0 Å². The largest absolute Gasteiger partial charge is 0.481 e. The van der Waals surface area contributed by atoms with Crippen molar-refractivity contribution in [2.45, 2.75) is 32.7 Å². The number of likely N-dealkylation sites (tertiary alicyclic amines) is 1. The first-order chi connectivity index (χ1) is 10.1. The summed E-state index contributed by atoms with van der Waals surface area (Å²) in [6.07, 6.45) is 3.94. The smallest absolute Gasteiger partial charge is 0.317 e. The van der Waals surface area contributed by atoms with E-state index in [1.54, 1.807) is 11.1 Å². The highest BCUT2D eigenvalue weighted by Crippen LogP contribution is 2.16. The van der Waals surface area contributed by atoms with Crippen LogP contribution < -0.4 is 5.32 Å². The van der Waals surface area contributed by atoms with Crippen molar-refractivity contribution >= 4 is 12.0 Å². The standard InChI is InChI=1S/C15H21N3O3/c1-2-11-5-3-7-16-13(11)9-17-15(21)18-8-4-6-12(10-18)14(19)20/h3,5,7,12H,2,4,6,8-10H2,1H3,(H,17,21)(H,19,20)/t12-/m1/s1. The number of hydrogen-bond donors (Lipinski definition) is 2. The van der Waals surface area contributed by atoms with Gasteiger partial charge in [0.05, 0.1) is 18.2 Å². The Hall–Kier alpha value is -2.11. The molecule has 114 valence electrons. The summed E-state index contributed by atoms with van der Waals surface area (Å²) < 4.78 is 0. The van der Waals surface area contributed by atoms with Crippen molar-refractivity contribution in [3.8, 4) is 0 Å². The molecule has 0 unspecified atom stereocenters. The van der Waals surface area contributed by atoms with Crippen LogP contribution >= 0.6 is 0 Å². The van der Waals surface area contributed by atoms with Gasteiger partial charge in [-0.3, -0.25) is 9.78 Å². The molecule has 1 aromatic heterocycles. The number of piperidine rings is 1. The van der Waals surface area contributed by atoms with E-state index in [1.165, 1.54) is 0 Å². The number of hydrogen-bond acceptors (Lipinski definition) is 3. The molecule has 2 amide bonds. The number of aliphatic carboxylic acids is 1. The van der Waals surface area contributed by atoms with Crippen LogP contribution in [-0.2, 0) is 17.8 Å². The van der Waals surface area contributed by atoms with Crippen LogP contribution in [0.1, 0.15) is 31.0 Å². The molecular formula is C15H21N3O3. The molecule has 0 saturated carbocycles. The average Bonchev–Trinajstić information content (AvgIpc) is 2.52. The first-order valence-electron chi connectivity index (χ1n) is 7.30. The molecule has 1 atom stereocenters. The Bertz CT molecular complexity index is 519. The van der Waals surface area contributed by atoms with E-state index in [2.05, 4.69) is 10.3 Å². The average molecular weight is 291 g/mol. The number of nitrogens with zero attached hydrogens (tertiary/aromatic N) is 2. The second kappa shape index (κ2) is 7.06. The first kappa shape index (κ1) is 15.3. The third-order valence-electron chi connectivity index (χ3n) is 3.83. The number of aromatic nitrogens is 1. The Morgan fingerprint density at radius 1 is 1.52 bits per heavy atom. The van der Waals surface area contributed by atoms with E-state index in [0.29, 0.717) is 19.5 Å². The van der Waals surface area contributed by atoms with Gasteiger partial charge in [0, 0.05) is 19.3 Å². The molecule has 1 aliphatic heterocycles. The Morgan fingerprint density at radius 3 is 3.05 bits per heavy atom. The molecule has 21 heavy (non-hydrogen) atoms. The van der Waals surface area contributed by atoms with Crippen molar-refractivity contribution < 1.29 is 14.7 Å². The molecule has 0 bridgehead atoms. The van der Waals surface area contributed by atoms with Crippen LogP contribution in [0.2, 0.25) is 0 Å². The minimum absolute atomic E-state index is 0.214. The molecule has 1 fully saturated rings. The molecule has 1 saturated heterocycles. The maximum Gasteiger partial charge on any atom is 0.317 e. The van der Waals surface area contributed by atoms with E-state index in [0.717, 1.165) is 24.1 Å². The number of carbonyl (C=O) groups is 2. The molecule has 6 heteroatoms. The Balaban J connectivity index is 1.91. The first-order valence-corrected chi connectivity index (χ1v) is 7.30. The van der Waals surface area contributed by atoms with Crippen LogP contribution in [0.15, 0.2) is 18.3 Å². The lowest BCUT2D eigenvalue weighted by molar-refractivity contribution is -0.143. The molecule has 0 aliphatic carbocycles. The number of amides is 2. The van der Waals surface area contributed by atoms with E-state index < -0.39 is 11.9 Å². The lowest BCUT2D eigenvalue weighted by atomic mass is 9.99. The fourth-order valence-electron chi connectivity index (χ4n) is 2.59. The minimum Gasteiger partial charge on any atom is -0.481 e. The van der Waals surface area contributed by atoms with Gasteiger partial charge in [0.15, 0.2) is 0 Å². The number of aryl methyl sites for hydroxylation is 1. The van der Waals surface area contributed by atoms with Gasteiger partial charge in [-0.1, -0.05) is 13.0 Å². The quantitative estimate of drug-likeness (QED) is 0.883. The summed E-state index contributed by atoms with van der Waals surface area (Å²) in [4.78, 5) is 29.0. The zero-order valence-corrected chi connectivity index (χ0v) is 12.2. The number of urea groups is 1. The van der Waals surface area contributed by atoms with Crippen molar-refractivity contribution in [1.82, 2.24) is 15.2 Å². The molecule has 0 aromatic carbocycles. The van der Waals surface area contributed by atoms with E-state index in [-0.39, 0.29) is 12.6 Å². The van der Waals surface area contributed by atoms with Gasteiger partial charge in [0.25, 0.3) is 0 Å².